The fourth-order valence-electron chi connectivity index (χ4n) is 1.48. The molecule has 0 aliphatic heterocycles. The lowest BCUT2D eigenvalue weighted by atomic mass is 10.2. The first-order valence-corrected chi connectivity index (χ1v) is 6.10. The fourth-order valence-corrected chi connectivity index (χ4v) is 2.24. The van der Waals surface area contributed by atoms with E-state index in [-0.39, 0.29) is 0 Å². The van der Waals surface area contributed by atoms with E-state index in [4.69, 9.17) is 0 Å². The van der Waals surface area contributed by atoms with Crippen molar-refractivity contribution in [2.45, 2.75) is 19.5 Å². The van der Waals surface area contributed by atoms with Crippen LogP contribution in [0.2, 0.25) is 0 Å². The highest BCUT2D eigenvalue weighted by molar-refractivity contribution is 7.10. The molecule has 0 unspecified atom stereocenters. The largest absolute Gasteiger partial charge is 0.305 e. The van der Waals surface area contributed by atoms with E-state index in [9.17, 15) is 0 Å². The van der Waals surface area contributed by atoms with Gasteiger partial charge in [0.2, 0.25) is 0 Å². The first-order chi connectivity index (χ1) is 7.79. The second-order valence-electron chi connectivity index (χ2n) is 3.63. The van der Waals surface area contributed by atoms with Crippen LogP contribution in [0, 0.1) is 0 Å². The molecule has 84 valence electrons. The van der Waals surface area contributed by atoms with E-state index in [1.54, 1.807) is 22.2 Å². The molecule has 4 heteroatoms. The van der Waals surface area contributed by atoms with Gasteiger partial charge in [0.25, 0.3) is 0 Å². The van der Waals surface area contributed by atoms with Crippen LogP contribution in [-0.2, 0) is 6.54 Å². The van der Waals surface area contributed by atoms with Crippen molar-refractivity contribution < 1.29 is 0 Å². The SMILES string of the molecule is C=Cn1cc(CN[C@@H](C)c2cccs2)cn1. The van der Waals surface area contributed by atoms with Gasteiger partial charge in [0.15, 0.2) is 0 Å². The van der Waals surface area contributed by atoms with Crippen molar-refractivity contribution in [3.63, 3.8) is 0 Å². The second-order valence-corrected chi connectivity index (χ2v) is 4.61. The predicted molar refractivity (Wildman–Crippen MR) is 68.2 cm³/mol. The number of thiophene rings is 1. The quantitative estimate of drug-likeness (QED) is 0.860. The molecule has 0 fully saturated rings. The molecule has 2 rings (SSSR count). The molecule has 2 aromatic heterocycles. The number of hydrogen-bond donors (Lipinski definition) is 1. The molecule has 0 aliphatic rings. The zero-order valence-electron chi connectivity index (χ0n) is 9.26. The van der Waals surface area contributed by atoms with Gasteiger partial charge in [0.05, 0.1) is 6.20 Å². The number of aromatic nitrogens is 2. The van der Waals surface area contributed by atoms with Gasteiger partial charge < -0.3 is 5.32 Å². The summed E-state index contributed by atoms with van der Waals surface area (Å²) in [5.74, 6) is 0. The Morgan fingerprint density at radius 3 is 3.19 bits per heavy atom. The van der Waals surface area contributed by atoms with E-state index in [0.29, 0.717) is 6.04 Å². The maximum atomic E-state index is 4.14. The van der Waals surface area contributed by atoms with Crippen LogP contribution in [0.25, 0.3) is 6.20 Å². The number of hydrogen-bond acceptors (Lipinski definition) is 3. The Hall–Kier alpha value is -1.39. The molecule has 0 spiro atoms. The summed E-state index contributed by atoms with van der Waals surface area (Å²) in [6, 6.07) is 4.61. The lowest BCUT2D eigenvalue weighted by Gasteiger charge is -2.10. The van der Waals surface area contributed by atoms with Crippen LogP contribution in [-0.4, -0.2) is 9.78 Å². The molecule has 1 N–H and O–H groups in total. The summed E-state index contributed by atoms with van der Waals surface area (Å²) < 4.78 is 1.72. The Labute approximate surface area is 99.4 Å². The molecule has 0 aromatic carbocycles. The van der Waals surface area contributed by atoms with Crippen LogP contribution in [0.15, 0.2) is 36.5 Å². The van der Waals surface area contributed by atoms with Gasteiger partial charge in [-0.2, -0.15) is 5.10 Å². The third-order valence-electron chi connectivity index (χ3n) is 2.42. The molecule has 0 saturated carbocycles. The van der Waals surface area contributed by atoms with Crippen molar-refractivity contribution in [1.82, 2.24) is 15.1 Å². The highest BCUT2D eigenvalue weighted by atomic mass is 32.1. The summed E-state index contributed by atoms with van der Waals surface area (Å²) >= 11 is 1.78. The molecule has 16 heavy (non-hydrogen) atoms. The molecule has 0 radical (unpaired) electrons. The summed E-state index contributed by atoms with van der Waals surface area (Å²) in [7, 11) is 0. The van der Waals surface area contributed by atoms with E-state index in [0.717, 1.165) is 6.54 Å². The van der Waals surface area contributed by atoms with Gasteiger partial charge in [-0.3, -0.25) is 0 Å². The van der Waals surface area contributed by atoms with Gasteiger partial charge in [0.1, 0.15) is 0 Å². The molecular weight excluding hydrogens is 218 g/mol. The van der Waals surface area contributed by atoms with E-state index < -0.39 is 0 Å². The van der Waals surface area contributed by atoms with Crippen molar-refractivity contribution in [1.29, 1.82) is 0 Å². The first kappa shape index (κ1) is 11.1. The maximum Gasteiger partial charge on any atom is 0.0538 e. The zero-order valence-corrected chi connectivity index (χ0v) is 10.1. The Kier molecular flexibility index (Phi) is 3.54. The van der Waals surface area contributed by atoms with Gasteiger partial charge in [-0.05, 0) is 18.4 Å². The van der Waals surface area contributed by atoms with Gasteiger partial charge >= 0.3 is 0 Å². The zero-order chi connectivity index (χ0) is 11.4. The summed E-state index contributed by atoms with van der Waals surface area (Å²) in [5.41, 5.74) is 1.17. The monoisotopic (exact) mass is 233 g/mol. The Morgan fingerprint density at radius 2 is 2.56 bits per heavy atom. The van der Waals surface area contributed by atoms with E-state index >= 15 is 0 Å². The van der Waals surface area contributed by atoms with Crippen molar-refractivity contribution in [3.05, 3.63) is 46.9 Å². The smallest absolute Gasteiger partial charge is 0.0538 e. The average molecular weight is 233 g/mol. The van der Waals surface area contributed by atoms with Crippen molar-refractivity contribution in [2.24, 2.45) is 0 Å². The third-order valence-corrected chi connectivity index (χ3v) is 3.48. The molecule has 0 aliphatic carbocycles. The summed E-state index contributed by atoms with van der Waals surface area (Å²) in [6.45, 7) is 6.66. The summed E-state index contributed by atoms with van der Waals surface area (Å²) in [4.78, 5) is 1.36. The van der Waals surface area contributed by atoms with Crippen LogP contribution >= 0.6 is 11.3 Å². The molecular formula is C12H15N3S. The summed E-state index contributed by atoms with van der Waals surface area (Å²) in [5, 5.41) is 9.70. The summed E-state index contributed by atoms with van der Waals surface area (Å²) in [6.07, 6.45) is 5.52. The topological polar surface area (TPSA) is 29.9 Å². The molecule has 2 heterocycles. The molecule has 0 amide bonds. The Bertz CT molecular complexity index is 445. The molecule has 2 aromatic rings. The lowest BCUT2D eigenvalue weighted by Crippen LogP contribution is -2.16. The normalized spacial score (nSPS) is 12.6. The average Bonchev–Trinajstić information content (AvgIpc) is 2.96. The first-order valence-electron chi connectivity index (χ1n) is 5.22. The lowest BCUT2D eigenvalue weighted by molar-refractivity contribution is 0.583. The molecule has 3 nitrogen and oxygen atoms in total. The third kappa shape index (κ3) is 2.59. The van der Waals surface area contributed by atoms with Crippen LogP contribution in [0.5, 0.6) is 0 Å². The fraction of sp³-hybridized carbons (Fsp3) is 0.250. The van der Waals surface area contributed by atoms with E-state index in [1.165, 1.54) is 10.4 Å². The van der Waals surface area contributed by atoms with Gasteiger partial charge in [-0.15, -0.1) is 11.3 Å². The Morgan fingerprint density at radius 1 is 1.69 bits per heavy atom. The molecule has 1 atom stereocenters. The van der Waals surface area contributed by atoms with Crippen LogP contribution < -0.4 is 5.32 Å². The van der Waals surface area contributed by atoms with Crippen molar-refractivity contribution >= 4 is 17.5 Å². The minimum atomic E-state index is 0.382. The predicted octanol–water partition coefficient (Wildman–Crippen LogP) is 2.90. The van der Waals surface area contributed by atoms with Gasteiger partial charge in [0, 0.05) is 35.4 Å². The van der Waals surface area contributed by atoms with Gasteiger partial charge in [-0.25, -0.2) is 4.68 Å². The van der Waals surface area contributed by atoms with Crippen LogP contribution in [0.4, 0.5) is 0 Å². The standard InChI is InChI=1S/C12H15N3S/c1-3-15-9-11(8-14-15)7-13-10(2)12-5-4-6-16-12/h3-6,8-10,13H,1,7H2,2H3/t10-/m0/s1. The highest BCUT2D eigenvalue weighted by Crippen LogP contribution is 2.18. The van der Waals surface area contributed by atoms with Gasteiger partial charge in [-0.1, -0.05) is 12.6 Å². The number of nitrogens with zero attached hydrogens (tertiary/aromatic N) is 2. The minimum absolute atomic E-state index is 0.382. The van der Waals surface area contributed by atoms with Crippen molar-refractivity contribution in [2.75, 3.05) is 0 Å². The number of rotatable bonds is 5. The van der Waals surface area contributed by atoms with E-state index in [1.807, 2.05) is 12.4 Å². The highest BCUT2D eigenvalue weighted by Gasteiger charge is 2.05. The minimum Gasteiger partial charge on any atom is -0.305 e. The molecule has 0 bridgehead atoms. The molecule has 0 saturated heterocycles. The van der Waals surface area contributed by atoms with Crippen molar-refractivity contribution in [3.8, 4) is 0 Å². The maximum absolute atomic E-state index is 4.14. The second kappa shape index (κ2) is 5.09. The Balaban J connectivity index is 1.89. The van der Waals surface area contributed by atoms with Crippen LogP contribution in [0.1, 0.15) is 23.4 Å². The van der Waals surface area contributed by atoms with E-state index in [2.05, 4.69) is 41.4 Å². The van der Waals surface area contributed by atoms with Crippen LogP contribution in [0.3, 0.4) is 0 Å². The number of nitrogens with one attached hydrogen (secondary N) is 1.